The number of aliphatic imine (C=N–C) groups is 1. The molecule has 0 aromatic heterocycles. The van der Waals surface area contributed by atoms with Gasteiger partial charge in [0, 0.05) is 29.1 Å². The minimum atomic E-state index is -1.10. The minimum absolute atomic E-state index is 0.125. The molecule has 43 heavy (non-hydrogen) atoms. The van der Waals surface area contributed by atoms with Gasteiger partial charge in [0.05, 0.1) is 19.5 Å². The topological polar surface area (TPSA) is 54.4 Å². The van der Waals surface area contributed by atoms with Crippen molar-refractivity contribution in [1.82, 2.24) is 9.80 Å². The Morgan fingerprint density at radius 3 is 2.16 bits per heavy atom. The summed E-state index contributed by atoms with van der Waals surface area (Å²) in [4.78, 5) is 22.4. The number of methoxy groups -OCH3 is 1. The van der Waals surface area contributed by atoms with Crippen LogP contribution in [0.4, 0.5) is 4.79 Å². The van der Waals surface area contributed by atoms with Gasteiger partial charge in [-0.2, -0.15) is 0 Å². The van der Waals surface area contributed by atoms with E-state index >= 15 is 0 Å². The second-order valence-corrected chi connectivity index (χ2v) is 12.9. The molecule has 3 unspecified atom stereocenters. The van der Waals surface area contributed by atoms with E-state index in [9.17, 15) is 4.79 Å². The SMILES string of the molecule is COC(=O)OC1(Cc2ccc(Cl)cc2)N=CN(CCc2ccccc2)C1C1CCC(C(c2ccc(Cl)cc2)N(C)C)CC1. The maximum atomic E-state index is 12.8. The molecule has 0 amide bonds. The van der Waals surface area contributed by atoms with E-state index in [0.29, 0.717) is 23.4 Å². The largest absolute Gasteiger partial charge is 0.510 e. The summed E-state index contributed by atoms with van der Waals surface area (Å²) in [5.41, 5.74) is 2.45. The van der Waals surface area contributed by atoms with Crippen molar-refractivity contribution in [3.8, 4) is 0 Å². The molecular formula is C35H41Cl2N3O3. The fraction of sp³-hybridized carbons (Fsp3) is 0.429. The average Bonchev–Trinajstić information content (AvgIpc) is 3.36. The van der Waals surface area contributed by atoms with E-state index in [0.717, 1.165) is 49.2 Å². The van der Waals surface area contributed by atoms with Crippen LogP contribution in [-0.2, 0) is 22.3 Å². The van der Waals surface area contributed by atoms with Gasteiger partial charge >= 0.3 is 6.16 Å². The van der Waals surface area contributed by atoms with Crippen LogP contribution in [0, 0.1) is 11.8 Å². The quantitative estimate of drug-likeness (QED) is 0.214. The molecule has 3 atom stereocenters. The number of carbonyl (C=O) groups is 1. The Morgan fingerprint density at radius 1 is 0.930 bits per heavy atom. The number of ether oxygens (including phenoxy) is 2. The van der Waals surface area contributed by atoms with Crippen molar-refractivity contribution in [2.75, 3.05) is 27.7 Å². The summed E-state index contributed by atoms with van der Waals surface area (Å²) in [7, 11) is 5.66. The average molecular weight is 623 g/mol. The third kappa shape index (κ3) is 7.54. The van der Waals surface area contributed by atoms with Crippen molar-refractivity contribution in [2.24, 2.45) is 16.8 Å². The second kappa shape index (κ2) is 14.1. The molecule has 0 saturated heterocycles. The molecule has 0 N–H and O–H groups in total. The van der Waals surface area contributed by atoms with E-state index in [4.69, 9.17) is 37.7 Å². The highest BCUT2D eigenvalue weighted by atomic mass is 35.5. The van der Waals surface area contributed by atoms with Gasteiger partial charge in [0.15, 0.2) is 0 Å². The molecule has 228 valence electrons. The van der Waals surface area contributed by atoms with Crippen molar-refractivity contribution < 1.29 is 14.3 Å². The van der Waals surface area contributed by atoms with Gasteiger partial charge in [-0.1, -0.05) is 77.8 Å². The first-order chi connectivity index (χ1) is 20.8. The molecular weight excluding hydrogens is 581 g/mol. The number of carbonyl (C=O) groups excluding carboxylic acids is 1. The number of hydrogen-bond acceptors (Lipinski definition) is 6. The lowest BCUT2D eigenvalue weighted by Gasteiger charge is -2.45. The van der Waals surface area contributed by atoms with Crippen molar-refractivity contribution in [2.45, 2.75) is 56.3 Å². The monoisotopic (exact) mass is 621 g/mol. The number of nitrogens with zero attached hydrogens (tertiary/aromatic N) is 3. The zero-order valence-corrected chi connectivity index (χ0v) is 26.7. The predicted molar refractivity (Wildman–Crippen MR) is 174 cm³/mol. The molecule has 6 nitrogen and oxygen atoms in total. The first kappa shape index (κ1) is 31.4. The van der Waals surface area contributed by atoms with Crippen LogP contribution in [0.2, 0.25) is 10.0 Å². The van der Waals surface area contributed by atoms with Crippen LogP contribution in [-0.4, -0.2) is 61.8 Å². The summed E-state index contributed by atoms with van der Waals surface area (Å²) < 4.78 is 11.2. The highest BCUT2D eigenvalue weighted by Gasteiger charge is 2.53. The number of benzene rings is 3. The van der Waals surface area contributed by atoms with Crippen LogP contribution in [0.25, 0.3) is 0 Å². The van der Waals surface area contributed by atoms with Crippen LogP contribution in [0.15, 0.2) is 83.9 Å². The molecule has 3 aromatic carbocycles. The lowest BCUT2D eigenvalue weighted by atomic mass is 9.71. The highest BCUT2D eigenvalue weighted by Crippen LogP contribution is 2.46. The molecule has 1 heterocycles. The van der Waals surface area contributed by atoms with Gasteiger partial charge in [0.2, 0.25) is 5.72 Å². The fourth-order valence-electron chi connectivity index (χ4n) is 7.10. The van der Waals surface area contributed by atoms with E-state index in [2.05, 4.69) is 60.3 Å². The third-order valence-corrected chi connectivity index (χ3v) is 9.52. The standard InChI is InChI=1S/C35H41Cl2N3O3/c1-39(2)32(28-15-19-31(37)20-16-28)27-11-13-29(14-12-27)33-35(43-34(41)42-3,23-26-9-17-30(36)18-10-26)38-24-40(33)22-21-25-7-5-4-6-8-25/h4-10,15-20,24,27,29,32-33H,11-14,21-23H2,1-3H3. The normalized spacial score (nSPS) is 24.2. The molecule has 0 bridgehead atoms. The molecule has 3 aromatic rings. The van der Waals surface area contributed by atoms with E-state index in [-0.39, 0.29) is 12.0 Å². The van der Waals surface area contributed by atoms with Gasteiger partial charge in [-0.05, 0) is 99.0 Å². The third-order valence-electron chi connectivity index (χ3n) is 9.02. The number of rotatable bonds is 10. The fourth-order valence-corrected chi connectivity index (χ4v) is 7.35. The maximum Gasteiger partial charge on any atom is 0.510 e. The Labute approximate surface area is 265 Å². The number of hydrogen-bond donors (Lipinski definition) is 0. The van der Waals surface area contributed by atoms with Crippen molar-refractivity contribution in [1.29, 1.82) is 0 Å². The Hall–Kier alpha value is -3.06. The van der Waals surface area contributed by atoms with Crippen LogP contribution >= 0.6 is 23.2 Å². The van der Waals surface area contributed by atoms with Gasteiger partial charge in [0.1, 0.15) is 0 Å². The predicted octanol–water partition coefficient (Wildman–Crippen LogP) is 8.08. The molecule has 8 heteroatoms. The molecule has 1 fully saturated rings. The van der Waals surface area contributed by atoms with Gasteiger partial charge in [-0.15, -0.1) is 0 Å². The van der Waals surface area contributed by atoms with Crippen molar-refractivity contribution in [3.05, 3.63) is 106 Å². The van der Waals surface area contributed by atoms with Gasteiger partial charge in [0.25, 0.3) is 0 Å². The van der Waals surface area contributed by atoms with Crippen molar-refractivity contribution >= 4 is 35.7 Å². The van der Waals surface area contributed by atoms with Gasteiger partial charge < -0.3 is 19.3 Å². The molecule has 1 aliphatic heterocycles. The maximum absolute atomic E-state index is 12.8. The summed E-state index contributed by atoms with van der Waals surface area (Å²) >= 11 is 12.4. The van der Waals surface area contributed by atoms with Crippen LogP contribution < -0.4 is 0 Å². The Balaban J connectivity index is 1.42. The minimum Gasteiger partial charge on any atom is -0.438 e. The molecule has 0 radical (unpaired) electrons. The van der Waals surface area contributed by atoms with Crippen molar-refractivity contribution in [3.63, 3.8) is 0 Å². The molecule has 0 spiro atoms. The zero-order valence-electron chi connectivity index (χ0n) is 25.2. The Bertz CT molecular complexity index is 1360. The summed E-state index contributed by atoms with van der Waals surface area (Å²) in [5.74, 6) is 0.777. The van der Waals surface area contributed by atoms with Gasteiger partial charge in [-0.3, -0.25) is 0 Å². The second-order valence-electron chi connectivity index (χ2n) is 12.0. The van der Waals surface area contributed by atoms with E-state index < -0.39 is 11.9 Å². The van der Waals surface area contributed by atoms with Gasteiger partial charge in [-0.25, -0.2) is 9.79 Å². The lowest BCUT2D eigenvalue weighted by Crippen LogP contribution is -2.55. The summed E-state index contributed by atoms with van der Waals surface area (Å²) in [6.07, 6.45) is 6.62. The highest BCUT2D eigenvalue weighted by molar-refractivity contribution is 6.30. The Kier molecular flexibility index (Phi) is 10.3. The first-order valence-corrected chi connectivity index (χ1v) is 15.8. The summed E-state index contributed by atoms with van der Waals surface area (Å²) in [5, 5.41) is 1.42. The van der Waals surface area contributed by atoms with Crippen LogP contribution in [0.5, 0.6) is 0 Å². The first-order valence-electron chi connectivity index (χ1n) is 15.1. The summed E-state index contributed by atoms with van der Waals surface area (Å²) in [6, 6.07) is 26.6. The van der Waals surface area contributed by atoms with Crippen LogP contribution in [0.1, 0.15) is 48.4 Å². The van der Waals surface area contributed by atoms with E-state index in [1.54, 1.807) is 0 Å². The zero-order chi connectivity index (χ0) is 30.4. The smallest absolute Gasteiger partial charge is 0.438 e. The van der Waals surface area contributed by atoms with Crippen LogP contribution in [0.3, 0.4) is 0 Å². The molecule has 5 rings (SSSR count). The van der Waals surface area contributed by atoms with E-state index in [1.165, 1.54) is 18.2 Å². The number of halogens is 2. The molecule has 2 aliphatic rings. The molecule has 1 aliphatic carbocycles. The Morgan fingerprint density at radius 2 is 1.56 bits per heavy atom. The lowest BCUT2D eigenvalue weighted by molar-refractivity contribution is -0.0711. The summed E-state index contributed by atoms with van der Waals surface area (Å²) in [6.45, 7) is 0.774. The van der Waals surface area contributed by atoms with E-state index in [1.807, 2.05) is 48.8 Å². The molecule has 1 saturated carbocycles.